The summed E-state index contributed by atoms with van der Waals surface area (Å²) in [5.74, 6) is 1.71. The third-order valence-electron chi connectivity index (χ3n) is 2.82. The standard InChI is InChI=1S/C15H19N3/c1-4-9-16-15-10-14(17-12(3)18-15)13-8-6-5-7-11(13)2/h5-8,10H,4,9H2,1-3H3,(H,16,17,18). The predicted octanol–water partition coefficient (Wildman–Crippen LogP) is 3.58. The number of aromatic nitrogens is 2. The molecule has 0 unspecified atom stereocenters. The highest BCUT2D eigenvalue weighted by Crippen LogP contribution is 2.23. The van der Waals surface area contributed by atoms with E-state index in [4.69, 9.17) is 0 Å². The van der Waals surface area contributed by atoms with E-state index in [1.807, 2.05) is 25.1 Å². The first-order valence-corrected chi connectivity index (χ1v) is 6.36. The van der Waals surface area contributed by atoms with Gasteiger partial charge in [0.15, 0.2) is 0 Å². The molecule has 0 aliphatic carbocycles. The summed E-state index contributed by atoms with van der Waals surface area (Å²) in [7, 11) is 0. The minimum absolute atomic E-state index is 0.800. The third kappa shape index (κ3) is 2.86. The molecule has 1 N–H and O–H groups in total. The first-order valence-electron chi connectivity index (χ1n) is 6.36. The molecular weight excluding hydrogens is 222 g/mol. The summed E-state index contributed by atoms with van der Waals surface area (Å²) in [5.41, 5.74) is 3.39. The lowest BCUT2D eigenvalue weighted by molar-refractivity contribution is 0.955. The zero-order valence-electron chi connectivity index (χ0n) is 11.2. The van der Waals surface area contributed by atoms with Gasteiger partial charge in [-0.3, -0.25) is 0 Å². The van der Waals surface area contributed by atoms with E-state index in [0.717, 1.165) is 30.3 Å². The molecule has 0 aliphatic rings. The summed E-state index contributed by atoms with van der Waals surface area (Å²) in [6.07, 6.45) is 1.09. The van der Waals surface area contributed by atoms with Crippen LogP contribution in [0.3, 0.4) is 0 Å². The van der Waals surface area contributed by atoms with Gasteiger partial charge < -0.3 is 5.32 Å². The smallest absolute Gasteiger partial charge is 0.130 e. The highest BCUT2D eigenvalue weighted by molar-refractivity contribution is 5.65. The number of nitrogens with one attached hydrogen (secondary N) is 1. The van der Waals surface area contributed by atoms with Crippen molar-refractivity contribution < 1.29 is 0 Å². The molecule has 0 fully saturated rings. The van der Waals surface area contributed by atoms with Crippen LogP contribution in [0, 0.1) is 13.8 Å². The van der Waals surface area contributed by atoms with Crippen molar-refractivity contribution in [2.24, 2.45) is 0 Å². The van der Waals surface area contributed by atoms with Crippen LogP contribution in [0.5, 0.6) is 0 Å². The van der Waals surface area contributed by atoms with E-state index in [9.17, 15) is 0 Å². The second kappa shape index (κ2) is 5.63. The highest BCUT2D eigenvalue weighted by atomic mass is 15.0. The second-order valence-electron chi connectivity index (χ2n) is 4.43. The molecule has 94 valence electrons. The summed E-state index contributed by atoms with van der Waals surface area (Å²) in [5, 5.41) is 3.31. The molecule has 0 spiro atoms. The van der Waals surface area contributed by atoms with Gasteiger partial charge >= 0.3 is 0 Å². The van der Waals surface area contributed by atoms with Crippen LogP contribution in [0.1, 0.15) is 24.7 Å². The van der Waals surface area contributed by atoms with E-state index in [2.05, 4.69) is 41.3 Å². The lowest BCUT2D eigenvalue weighted by Gasteiger charge is -2.09. The van der Waals surface area contributed by atoms with Crippen LogP contribution in [0.4, 0.5) is 5.82 Å². The fourth-order valence-electron chi connectivity index (χ4n) is 1.91. The van der Waals surface area contributed by atoms with Crippen LogP contribution in [0.25, 0.3) is 11.3 Å². The molecule has 18 heavy (non-hydrogen) atoms. The van der Waals surface area contributed by atoms with Crippen molar-refractivity contribution >= 4 is 5.82 Å². The molecule has 3 nitrogen and oxygen atoms in total. The van der Waals surface area contributed by atoms with E-state index >= 15 is 0 Å². The zero-order valence-corrected chi connectivity index (χ0v) is 11.2. The minimum Gasteiger partial charge on any atom is -0.370 e. The number of rotatable bonds is 4. The number of benzene rings is 1. The summed E-state index contributed by atoms with van der Waals surface area (Å²) < 4.78 is 0. The van der Waals surface area contributed by atoms with Gasteiger partial charge in [-0.25, -0.2) is 9.97 Å². The first-order chi connectivity index (χ1) is 8.70. The predicted molar refractivity (Wildman–Crippen MR) is 75.7 cm³/mol. The molecule has 0 saturated carbocycles. The van der Waals surface area contributed by atoms with E-state index in [1.54, 1.807) is 0 Å². The van der Waals surface area contributed by atoms with Gasteiger partial charge in [-0.1, -0.05) is 31.2 Å². The Morgan fingerprint density at radius 1 is 1.11 bits per heavy atom. The number of hydrogen-bond donors (Lipinski definition) is 1. The van der Waals surface area contributed by atoms with Crippen molar-refractivity contribution in [2.75, 3.05) is 11.9 Å². The lowest BCUT2D eigenvalue weighted by atomic mass is 10.1. The molecular formula is C15H19N3. The molecule has 1 aromatic carbocycles. The molecule has 2 rings (SSSR count). The SMILES string of the molecule is CCCNc1cc(-c2ccccc2C)nc(C)n1. The van der Waals surface area contributed by atoms with Crippen LogP contribution in [-0.2, 0) is 0 Å². The Morgan fingerprint density at radius 3 is 2.61 bits per heavy atom. The monoisotopic (exact) mass is 241 g/mol. The summed E-state index contributed by atoms with van der Waals surface area (Å²) in [6.45, 7) is 7.11. The van der Waals surface area contributed by atoms with Gasteiger partial charge in [0.2, 0.25) is 0 Å². The van der Waals surface area contributed by atoms with Gasteiger partial charge in [-0.15, -0.1) is 0 Å². The van der Waals surface area contributed by atoms with E-state index in [1.165, 1.54) is 11.1 Å². The van der Waals surface area contributed by atoms with E-state index in [0.29, 0.717) is 0 Å². The maximum absolute atomic E-state index is 4.52. The fourth-order valence-corrected chi connectivity index (χ4v) is 1.91. The highest BCUT2D eigenvalue weighted by Gasteiger charge is 2.06. The molecule has 0 aliphatic heterocycles. The maximum atomic E-state index is 4.52. The van der Waals surface area contributed by atoms with Crippen LogP contribution in [0.2, 0.25) is 0 Å². The maximum Gasteiger partial charge on any atom is 0.130 e. The topological polar surface area (TPSA) is 37.8 Å². The van der Waals surface area contributed by atoms with E-state index < -0.39 is 0 Å². The number of nitrogens with zero attached hydrogens (tertiary/aromatic N) is 2. The average molecular weight is 241 g/mol. The van der Waals surface area contributed by atoms with Gasteiger partial charge in [0.05, 0.1) is 5.69 Å². The quantitative estimate of drug-likeness (QED) is 0.889. The summed E-state index contributed by atoms with van der Waals surface area (Å²) in [6, 6.07) is 10.3. The number of aryl methyl sites for hydroxylation is 2. The first kappa shape index (κ1) is 12.6. The Labute approximate surface area is 108 Å². The molecule has 0 radical (unpaired) electrons. The van der Waals surface area contributed by atoms with Crippen molar-refractivity contribution in [3.63, 3.8) is 0 Å². The van der Waals surface area contributed by atoms with Crippen LogP contribution >= 0.6 is 0 Å². The van der Waals surface area contributed by atoms with Gasteiger partial charge in [0, 0.05) is 18.2 Å². The normalized spacial score (nSPS) is 10.4. The molecule has 2 aromatic rings. The molecule has 3 heteroatoms. The van der Waals surface area contributed by atoms with E-state index in [-0.39, 0.29) is 0 Å². The van der Waals surface area contributed by atoms with Gasteiger partial charge in [0.1, 0.15) is 11.6 Å². The van der Waals surface area contributed by atoms with Crippen molar-refractivity contribution in [1.82, 2.24) is 9.97 Å². The Balaban J connectivity index is 2.39. The van der Waals surface area contributed by atoms with Crippen molar-refractivity contribution in [1.29, 1.82) is 0 Å². The molecule has 1 heterocycles. The van der Waals surface area contributed by atoms with Crippen molar-refractivity contribution in [3.8, 4) is 11.3 Å². The number of anilines is 1. The Bertz CT molecular complexity index is 535. The zero-order chi connectivity index (χ0) is 13.0. The van der Waals surface area contributed by atoms with Crippen molar-refractivity contribution in [3.05, 3.63) is 41.7 Å². The van der Waals surface area contributed by atoms with Gasteiger partial charge in [-0.05, 0) is 25.8 Å². The number of hydrogen-bond acceptors (Lipinski definition) is 3. The van der Waals surface area contributed by atoms with Crippen molar-refractivity contribution in [2.45, 2.75) is 27.2 Å². The van der Waals surface area contributed by atoms with Gasteiger partial charge in [-0.2, -0.15) is 0 Å². The molecule has 0 bridgehead atoms. The largest absolute Gasteiger partial charge is 0.370 e. The van der Waals surface area contributed by atoms with Crippen LogP contribution in [-0.4, -0.2) is 16.5 Å². The van der Waals surface area contributed by atoms with Crippen LogP contribution < -0.4 is 5.32 Å². The fraction of sp³-hybridized carbons (Fsp3) is 0.333. The average Bonchev–Trinajstić information content (AvgIpc) is 2.36. The molecule has 0 saturated heterocycles. The minimum atomic E-state index is 0.800. The van der Waals surface area contributed by atoms with Gasteiger partial charge in [0.25, 0.3) is 0 Å². The summed E-state index contributed by atoms with van der Waals surface area (Å²) in [4.78, 5) is 8.93. The summed E-state index contributed by atoms with van der Waals surface area (Å²) >= 11 is 0. The Hall–Kier alpha value is -1.90. The third-order valence-corrected chi connectivity index (χ3v) is 2.82. The Kier molecular flexibility index (Phi) is 3.92. The molecule has 0 atom stereocenters. The molecule has 1 aromatic heterocycles. The van der Waals surface area contributed by atoms with Crippen LogP contribution in [0.15, 0.2) is 30.3 Å². The second-order valence-corrected chi connectivity index (χ2v) is 4.43. The molecule has 0 amide bonds. The lowest BCUT2D eigenvalue weighted by Crippen LogP contribution is -2.04. The Morgan fingerprint density at radius 2 is 1.89 bits per heavy atom.